The first-order valence-corrected chi connectivity index (χ1v) is 11.0. The molecule has 3 aromatic rings. The molecule has 1 N–H and O–H groups in total. The first-order chi connectivity index (χ1) is 14.2. The average molecular weight is 408 g/mol. The molecule has 1 aromatic heterocycles. The highest BCUT2D eigenvalue weighted by Crippen LogP contribution is 2.20. The number of aryl methyl sites for hydroxylation is 1. The third-order valence-electron chi connectivity index (χ3n) is 5.02. The number of nitrogens with one attached hydrogen (secondary N) is 1. The number of rotatable bonds is 6. The Balaban J connectivity index is 1.42. The van der Waals surface area contributed by atoms with Gasteiger partial charge in [0.15, 0.2) is 5.69 Å². The highest BCUT2D eigenvalue weighted by molar-refractivity contribution is 7.99. The van der Waals surface area contributed by atoms with E-state index >= 15 is 0 Å². The van der Waals surface area contributed by atoms with Crippen molar-refractivity contribution in [3.05, 3.63) is 77.1 Å². The van der Waals surface area contributed by atoms with Crippen LogP contribution in [0.2, 0.25) is 0 Å². The van der Waals surface area contributed by atoms with Gasteiger partial charge in [-0.3, -0.25) is 9.69 Å². The van der Waals surface area contributed by atoms with Crippen molar-refractivity contribution in [3.63, 3.8) is 0 Å². The van der Waals surface area contributed by atoms with Crippen molar-refractivity contribution in [2.45, 2.75) is 20.0 Å². The first kappa shape index (κ1) is 19.7. The van der Waals surface area contributed by atoms with E-state index in [1.807, 2.05) is 49.0 Å². The van der Waals surface area contributed by atoms with Crippen LogP contribution in [-0.2, 0) is 13.1 Å². The van der Waals surface area contributed by atoms with Gasteiger partial charge in [0.25, 0.3) is 5.91 Å². The van der Waals surface area contributed by atoms with Gasteiger partial charge in [-0.2, -0.15) is 11.8 Å². The molecule has 4 rings (SSSR count). The van der Waals surface area contributed by atoms with Crippen molar-refractivity contribution >= 4 is 23.4 Å². The maximum atomic E-state index is 12.7. The Labute approximate surface area is 175 Å². The van der Waals surface area contributed by atoms with Gasteiger partial charge in [0.1, 0.15) is 0 Å². The molecule has 1 aliphatic rings. The molecule has 0 aliphatic carbocycles. The summed E-state index contributed by atoms with van der Waals surface area (Å²) in [7, 11) is 0. The van der Waals surface area contributed by atoms with E-state index in [1.165, 1.54) is 17.1 Å². The smallest absolute Gasteiger partial charge is 0.277 e. The summed E-state index contributed by atoms with van der Waals surface area (Å²) >= 11 is 2.01. The van der Waals surface area contributed by atoms with Gasteiger partial charge >= 0.3 is 0 Å². The predicted octanol–water partition coefficient (Wildman–Crippen LogP) is 3.44. The summed E-state index contributed by atoms with van der Waals surface area (Å²) < 4.78 is 1.68. The monoisotopic (exact) mass is 407 g/mol. The summed E-state index contributed by atoms with van der Waals surface area (Å²) in [6.07, 6.45) is 1.69. The number of carbonyl (C=O) groups excluding carboxylic acids is 1. The zero-order valence-electron chi connectivity index (χ0n) is 16.5. The van der Waals surface area contributed by atoms with E-state index in [4.69, 9.17) is 0 Å². The lowest BCUT2D eigenvalue weighted by molar-refractivity contribution is 0.102. The molecule has 0 spiro atoms. The van der Waals surface area contributed by atoms with Crippen LogP contribution in [0.1, 0.15) is 27.2 Å². The summed E-state index contributed by atoms with van der Waals surface area (Å²) in [5.74, 6) is 2.14. The standard InChI is InChI=1S/C22H25N5OS/c1-17-7-8-19(14-26-9-11-29-12-10-26)13-20(17)23-22(28)21-16-27(25-24-21)15-18-5-3-2-4-6-18/h2-8,13,16H,9-12,14-15H2,1H3,(H,23,28). The number of benzene rings is 2. The van der Waals surface area contributed by atoms with E-state index in [-0.39, 0.29) is 5.91 Å². The van der Waals surface area contributed by atoms with E-state index in [1.54, 1.807) is 10.9 Å². The Hall–Kier alpha value is -2.64. The zero-order valence-corrected chi connectivity index (χ0v) is 17.4. The van der Waals surface area contributed by atoms with Crippen molar-refractivity contribution in [2.75, 3.05) is 29.9 Å². The molecule has 0 saturated carbocycles. The lowest BCUT2D eigenvalue weighted by Crippen LogP contribution is -2.32. The number of thioether (sulfide) groups is 1. The third-order valence-corrected chi connectivity index (χ3v) is 5.96. The molecule has 150 valence electrons. The molecule has 1 aliphatic heterocycles. The van der Waals surface area contributed by atoms with Crippen molar-refractivity contribution in [1.29, 1.82) is 0 Å². The maximum Gasteiger partial charge on any atom is 0.277 e. The Morgan fingerprint density at radius 1 is 1.07 bits per heavy atom. The van der Waals surface area contributed by atoms with Gasteiger partial charge in [0, 0.05) is 36.8 Å². The van der Waals surface area contributed by atoms with E-state index in [0.717, 1.165) is 36.4 Å². The second-order valence-electron chi connectivity index (χ2n) is 7.28. The SMILES string of the molecule is Cc1ccc(CN2CCSCC2)cc1NC(=O)c1cn(Cc2ccccc2)nn1. The molecule has 1 saturated heterocycles. The molecule has 1 fully saturated rings. The number of aromatic nitrogens is 3. The topological polar surface area (TPSA) is 63.1 Å². The molecule has 7 heteroatoms. The number of amides is 1. The molecule has 2 aromatic carbocycles. The minimum atomic E-state index is -0.237. The predicted molar refractivity (Wildman–Crippen MR) is 117 cm³/mol. The minimum Gasteiger partial charge on any atom is -0.320 e. The minimum absolute atomic E-state index is 0.237. The fourth-order valence-electron chi connectivity index (χ4n) is 3.36. The first-order valence-electron chi connectivity index (χ1n) is 9.82. The molecule has 29 heavy (non-hydrogen) atoms. The van der Waals surface area contributed by atoms with Crippen molar-refractivity contribution in [1.82, 2.24) is 19.9 Å². The van der Waals surface area contributed by atoms with E-state index < -0.39 is 0 Å². The van der Waals surface area contributed by atoms with Crippen LogP contribution < -0.4 is 5.32 Å². The van der Waals surface area contributed by atoms with Gasteiger partial charge in [-0.05, 0) is 29.7 Å². The Kier molecular flexibility index (Phi) is 6.27. The third kappa shape index (κ3) is 5.25. The summed E-state index contributed by atoms with van der Waals surface area (Å²) in [6, 6.07) is 16.3. The molecule has 1 amide bonds. The van der Waals surface area contributed by atoms with Gasteiger partial charge in [0.2, 0.25) is 0 Å². The zero-order chi connectivity index (χ0) is 20.1. The van der Waals surface area contributed by atoms with Gasteiger partial charge in [-0.15, -0.1) is 5.10 Å². The van der Waals surface area contributed by atoms with Crippen LogP contribution in [0.5, 0.6) is 0 Å². The van der Waals surface area contributed by atoms with Crippen molar-refractivity contribution in [3.8, 4) is 0 Å². The Bertz CT molecular complexity index is 966. The van der Waals surface area contributed by atoms with Crippen LogP contribution in [0.15, 0.2) is 54.7 Å². The lowest BCUT2D eigenvalue weighted by atomic mass is 10.1. The summed E-state index contributed by atoms with van der Waals surface area (Å²) in [4.78, 5) is 15.2. The van der Waals surface area contributed by atoms with Crippen molar-refractivity contribution < 1.29 is 4.79 Å². The van der Waals surface area contributed by atoms with Crippen LogP contribution in [-0.4, -0.2) is 50.4 Å². The fourth-order valence-corrected chi connectivity index (χ4v) is 4.33. The second-order valence-corrected chi connectivity index (χ2v) is 8.50. The summed E-state index contributed by atoms with van der Waals surface area (Å²) in [6.45, 7) is 5.74. The van der Waals surface area contributed by atoms with Crippen LogP contribution >= 0.6 is 11.8 Å². The van der Waals surface area contributed by atoms with E-state index in [0.29, 0.717) is 12.2 Å². The molecule has 2 heterocycles. The van der Waals surface area contributed by atoms with Gasteiger partial charge in [0.05, 0.1) is 12.7 Å². The summed E-state index contributed by atoms with van der Waals surface area (Å²) in [5.41, 5.74) is 4.51. The lowest BCUT2D eigenvalue weighted by Gasteiger charge is -2.26. The van der Waals surface area contributed by atoms with E-state index in [9.17, 15) is 4.79 Å². The van der Waals surface area contributed by atoms with E-state index in [2.05, 4.69) is 38.7 Å². The van der Waals surface area contributed by atoms with Crippen LogP contribution in [0.3, 0.4) is 0 Å². The molecule has 0 bridgehead atoms. The second kappa shape index (κ2) is 9.24. The van der Waals surface area contributed by atoms with Crippen LogP contribution in [0.4, 0.5) is 5.69 Å². The normalized spacial score (nSPS) is 14.7. The highest BCUT2D eigenvalue weighted by atomic mass is 32.2. The fraction of sp³-hybridized carbons (Fsp3) is 0.318. The number of carbonyl (C=O) groups is 1. The molecular formula is C22H25N5OS. The number of nitrogens with zero attached hydrogens (tertiary/aromatic N) is 4. The highest BCUT2D eigenvalue weighted by Gasteiger charge is 2.15. The number of hydrogen-bond acceptors (Lipinski definition) is 5. The molecule has 0 radical (unpaired) electrons. The largest absolute Gasteiger partial charge is 0.320 e. The van der Waals surface area contributed by atoms with Crippen molar-refractivity contribution in [2.24, 2.45) is 0 Å². The summed E-state index contributed by atoms with van der Waals surface area (Å²) in [5, 5.41) is 11.1. The van der Waals surface area contributed by atoms with Gasteiger partial charge in [-0.1, -0.05) is 47.7 Å². The van der Waals surface area contributed by atoms with Crippen LogP contribution in [0.25, 0.3) is 0 Å². The Morgan fingerprint density at radius 3 is 2.66 bits per heavy atom. The number of anilines is 1. The average Bonchev–Trinajstić information content (AvgIpc) is 3.21. The molecular weight excluding hydrogens is 382 g/mol. The molecule has 0 unspecified atom stereocenters. The Morgan fingerprint density at radius 2 is 1.86 bits per heavy atom. The molecule has 0 atom stereocenters. The van der Waals surface area contributed by atoms with Gasteiger partial charge < -0.3 is 5.32 Å². The van der Waals surface area contributed by atoms with Crippen LogP contribution in [0, 0.1) is 6.92 Å². The molecule has 6 nitrogen and oxygen atoms in total. The van der Waals surface area contributed by atoms with Gasteiger partial charge in [-0.25, -0.2) is 4.68 Å². The maximum absolute atomic E-state index is 12.7. The quantitative estimate of drug-likeness (QED) is 0.678. The number of hydrogen-bond donors (Lipinski definition) is 1.